The molecule has 0 unspecified atom stereocenters. The van der Waals surface area contributed by atoms with E-state index in [4.69, 9.17) is 14.5 Å². The number of carbonyl (C=O) groups is 2. The maximum atomic E-state index is 13.1. The Kier molecular flexibility index (Phi) is 4.54. The van der Waals surface area contributed by atoms with Crippen molar-refractivity contribution in [1.82, 2.24) is 5.32 Å². The maximum absolute atomic E-state index is 13.1. The van der Waals surface area contributed by atoms with Crippen LogP contribution in [0, 0.1) is 0 Å². The number of hydrogen-bond acceptors (Lipinski definition) is 7. The van der Waals surface area contributed by atoms with Gasteiger partial charge in [-0.1, -0.05) is 48.5 Å². The molecule has 2 aromatic rings. The number of methoxy groups -OCH3 is 2. The van der Waals surface area contributed by atoms with Crippen LogP contribution in [0.5, 0.6) is 0 Å². The molecular weight excluding hydrogens is 394 g/mol. The van der Waals surface area contributed by atoms with Gasteiger partial charge in [-0.2, -0.15) is 0 Å². The first-order chi connectivity index (χ1) is 15.1. The van der Waals surface area contributed by atoms with Crippen molar-refractivity contribution >= 4 is 23.5 Å². The first-order valence-electron chi connectivity index (χ1n) is 10.2. The zero-order valence-corrected chi connectivity index (χ0v) is 17.4. The fourth-order valence-electron chi connectivity index (χ4n) is 5.20. The van der Waals surface area contributed by atoms with Gasteiger partial charge in [-0.25, -0.2) is 9.59 Å². The van der Waals surface area contributed by atoms with E-state index in [-0.39, 0.29) is 11.3 Å². The van der Waals surface area contributed by atoms with E-state index in [0.717, 1.165) is 23.2 Å². The van der Waals surface area contributed by atoms with Gasteiger partial charge >= 0.3 is 11.9 Å². The van der Waals surface area contributed by atoms with E-state index in [1.165, 1.54) is 14.2 Å². The monoisotopic (exact) mass is 417 g/mol. The van der Waals surface area contributed by atoms with Crippen molar-refractivity contribution in [3.05, 3.63) is 77.0 Å². The second-order valence-corrected chi connectivity index (χ2v) is 7.88. The number of benzene rings is 2. The van der Waals surface area contributed by atoms with Crippen LogP contribution in [0.4, 0.5) is 5.69 Å². The van der Waals surface area contributed by atoms with Crippen molar-refractivity contribution < 1.29 is 19.1 Å². The van der Waals surface area contributed by atoms with Crippen molar-refractivity contribution in [2.24, 2.45) is 4.99 Å². The second-order valence-electron chi connectivity index (χ2n) is 7.88. The molecule has 0 bridgehead atoms. The zero-order valence-electron chi connectivity index (χ0n) is 17.4. The molecule has 0 amide bonds. The fourth-order valence-corrected chi connectivity index (χ4v) is 5.20. The summed E-state index contributed by atoms with van der Waals surface area (Å²) >= 11 is 0. The van der Waals surface area contributed by atoms with Crippen molar-refractivity contribution in [3.8, 4) is 0 Å². The molecule has 5 rings (SSSR count). The average molecular weight is 417 g/mol. The molecule has 0 aliphatic carbocycles. The van der Waals surface area contributed by atoms with Crippen molar-refractivity contribution in [2.75, 3.05) is 25.7 Å². The van der Waals surface area contributed by atoms with Gasteiger partial charge in [0.2, 0.25) is 0 Å². The van der Waals surface area contributed by atoms with Gasteiger partial charge in [0.15, 0.2) is 0 Å². The van der Waals surface area contributed by atoms with Crippen LogP contribution in [0.3, 0.4) is 0 Å². The average Bonchev–Trinajstić information content (AvgIpc) is 3.36. The standard InChI is InChI=1S/C24H23N3O4/c1-30-21(28)18-19(22(29)31-2)26-23-24(12-13-25-23)16-10-6-7-11-17(16)27(20(18)24)14-15-8-4-3-5-9-15/h3-11,20H,12-14H2,1-2H3,(H,25,26)/t20-,24-/m0/s1. The Bertz CT molecular complexity index is 1120. The lowest BCUT2D eigenvalue weighted by molar-refractivity contribution is -0.140. The minimum atomic E-state index is -0.612. The van der Waals surface area contributed by atoms with Crippen LogP contribution in [0.25, 0.3) is 0 Å². The predicted molar refractivity (Wildman–Crippen MR) is 116 cm³/mol. The van der Waals surface area contributed by atoms with Crippen LogP contribution in [-0.2, 0) is 31.0 Å². The third kappa shape index (κ3) is 2.69. The van der Waals surface area contributed by atoms with Gasteiger partial charge in [0.25, 0.3) is 0 Å². The maximum Gasteiger partial charge on any atom is 0.355 e. The molecule has 2 aromatic carbocycles. The summed E-state index contributed by atoms with van der Waals surface area (Å²) in [5.74, 6) is -0.457. The Morgan fingerprint density at radius 1 is 1.06 bits per heavy atom. The molecule has 1 spiro atoms. The number of fused-ring (bicyclic) bond motifs is 1. The molecule has 0 radical (unpaired) electrons. The van der Waals surface area contributed by atoms with E-state index in [1.54, 1.807) is 0 Å². The highest BCUT2D eigenvalue weighted by molar-refractivity contribution is 6.13. The van der Waals surface area contributed by atoms with Gasteiger partial charge in [-0.15, -0.1) is 0 Å². The zero-order chi connectivity index (χ0) is 21.6. The van der Waals surface area contributed by atoms with Crippen molar-refractivity contribution in [2.45, 2.75) is 24.4 Å². The summed E-state index contributed by atoms with van der Waals surface area (Å²) in [5, 5.41) is 3.15. The lowest BCUT2D eigenvalue weighted by Gasteiger charge is -2.42. The van der Waals surface area contributed by atoms with E-state index in [1.807, 2.05) is 30.3 Å². The Morgan fingerprint density at radius 2 is 1.77 bits per heavy atom. The molecule has 158 valence electrons. The Labute approximate surface area is 180 Å². The van der Waals surface area contributed by atoms with Crippen LogP contribution in [0.1, 0.15) is 17.5 Å². The van der Waals surface area contributed by atoms with Gasteiger partial charge in [0, 0.05) is 18.8 Å². The number of aliphatic imine (C=N–C) groups is 1. The summed E-state index contributed by atoms with van der Waals surface area (Å²) in [6.07, 6.45) is 0.733. The third-order valence-electron chi connectivity index (χ3n) is 6.45. The lowest BCUT2D eigenvalue weighted by Crippen LogP contribution is -2.59. The molecule has 2 atom stereocenters. The van der Waals surface area contributed by atoms with E-state index in [9.17, 15) is 9.59 Å². The molecular formula is C24H23N3O4. The van der Waals surface area contributed by atoms with Crippen LogP contribution < -0.4 is 10.2 Å². The number of hydrogen-bond donors (Lipinski definition) is 1. The third-order valence-corrected chi connectivity index (χ3v) is 6.45. The molecule has 3 heterocycles. The highest BCUT2D eigenvalue weighted by Crippen LogP contribution is 2.54. The quantitative estimate of drug-likeness (QED) is 0.769. The summed E-state index contributed by atoms with van der Waals surface area (Å²) in [7, 11) is 2.63. The number of esters is 2. The second kappa shape index (κ2) is 7.27. The number of nitrogens with one attached hydrogen (secondary N) is 1. The molecule has 7 heteroatoms. The smallest absolute Gasteiger partial charge is 0.355 e. The predicted octanol–water partition coefficient (Wildman–Crippen LogP) is 2.32. The molecule has 0 saturated heterocycles. The Morgan fingerprint density at radius 3 is 2.52 bits per heavy atom. The van der Waals surface area contributed by atoms with Gasteiger partial charge in [-0.3, -0.25) is 4.99 Å². The summed E-state index contributed by atoms with van der Waals surface area (Å²) < 4.78 is 10.2. The Hall–Kier alpha value is -3.61. The first-order valence-corrected chi connectivity index (χ1v) is 10.2. The normalized spacial score (nSPS) is 23.4. The molecule has 7 nitrogen and oxygen atoms in total. The molecule has 3 aliphatic rings. The number of rotatable bonds is 4. The molecule has 31 heavy (non-hydrogen) atoms. The number of para-hydroxylation sites is 1. The first kappa shape index (κ1) is 19.4. The highest BCUT2D eigenvalue weighted by Gasteiger charge is 2.61. The SMILES string of the molecule is COC(=O)C1=C(C(=O)OC)[C@@H]2N(Cc3ccccc3)c3ccccc3[C@@]23CCN=C3N1. The minimum absolute atomic E-state index is 0.0986. The van der Waals surface area contributed by atoms with Crippen molar-refractivity contribution in [3.63, 3.8) is 0 Å². The molecule has 0 saturated carbocycles. The lowest BCUT2D eigenvalue weighted by atomic mass is 9.69. The van der Waals surface area contributed by atoms with Gasteiger partial charge in [-0.05, 0) is 23.6 Å². The fraction of sp³-hybridized carbons (Fsp3) is 0.292. The highest BCUT2D eigenvalue weighted by atomic mass is 16.5. The van der Waals surface area contributed by atoms with E-state index < -0.39 is 23.4 Å². The number of amidine groups is 1. The Balaban J connectivity index is 1.77. The number of ether oxygens (including phenoxy) is 2. The number of carbonyl (C=O) groups excluding carboxylic acids is 2. The summed E-state index contributed by atoms with van der Waals surface area (Å²) in [5.41, 5.74) is 3.06. The van der Waals surface area contributed by atoms with E-state index >= 15 is 0 Å². The van der Waals surface area contributed by atoms with E-state index in [2.05, 4.69) is 34.5 Å². The molecule has 1 N–H and O–H groups in total. The van der Waals surface area contributed by atoms with Crippen LogP contribution >= 0.6 is 0 Å². The minimum Gasteiger partial charge on any atom is -0.466 e. The van der Waals surface area contributed by atoms with Crippen LogP contribution in [0.15, 0.2) is 70.9 Å². The number of nitrogens with zero attached hydrogens (tertiary/aromatic N) is 2. The molecule has 0 fully saturated rings. The number of anilines is 1. The summed E-state index contributed by atoms with van der Waals surface area (Å²) in [6, 6.07) is 17.8. The largest absolute Gasteiger partial charge is 0.466 e. The van der Waals surface area contributed by atoms with Gasteiger partial charge < -0.3 is 19.7 Å². The molecule has 3 aliphatic heterocycles. The van der Waals surface area contributed by atoms with Crippen molar-refractivity contribution in [1.29, 1.82) is 0 Å². The van der Waals surface area contributed by atoms with Gasteiger partial charge in [0.05, 0.1) is 31.2 Å². The molecule has 0 aromatic heterocycles. The summed E-state index contributed by atoms with van der Waals surface area (Å²) in [6.45, 7) is 1.18. The van der Waals surface area contributed by atoms with E-state index in [0.29, 0.717) is 18.9 Å². The van der Waals surface area contributed by atoms with Crippen LogP contribution in [0.2, 0.25) is 0 Å². The van der Waals surface area contributed by atoms with Gasteiger partial charge in [0.1, 0.15) is 11.5 Å². The summed E-state index contributed by atoms with van der Waals surface area (Å²) in [4.78, 5) is 32.7. The topological polar surface area (TPSA) is 80.2 Å². The van der Waals surface area contributed by atoms with Crippen LogP contribution in [-0.4, -0.2) is 44.6 Å².